The molecule has 11 rings (SSSR count). The van der Waals surface area contributed by atoms with Crippen molar-refractivity contribution in [2.24, 2.45) is 0 Å². The summed E-state index contributed by atoms with van der Waals surface area (Å²) in [6.07, 6.45) is 0. The van der Waals surface area contributed by atoms with Gasteiger partial charge in [0.2, 0.25) is 13.4 Å². The Morgan fingerprint density at radius 3 is 1.25 bits per heavy atom. The summed E-state index contributed by atoms with van der Waals surface area (Å²) in [4.78, 5) is 26.3. The number of carboxylic acids is 2. The van der Waals surface area contributed by atoms with Crippen LogP contribution in [-0.4, -0.2) is 35.6 Å². The van der Waals surface area contributed by atoms with Crippen LogP contribution in [0.1, 0.15) is 73.4 Å². The summed E-state index contributed by atoms with van der Waals surface area (Å²) in [6, 6.07) is 44.7. The highest BCUT2D eigenvalue weighted by Gasteiger charge is 2.50. The van der Waals surface area contributed by atoms with Crippen LogP contribution < -0.4 is 37.7 Å². The molecule has 7 aromatic carbocycles. The molecule has 0 saturated carbocycles. The second kappa shape index (κ2) is 12.0. The van der Waals surface area contributed by atoms with E-state index in [0.717, 1.165) is 33.6 Å². The van der Waals surface area contributed by atoms with Crippen molar-refractivity contribution in [1.82, 2.24) is 0 Å². The van der Waals surface area contributed by atoms with E-state index in [4.69, 9.17) is 0 Å². The van der Waals surface area contributed by atoms with E-state index in [-0.39, 0.29) is 35.4 Å². The Balaban J connectivity index is 1.21. The highest BCUT2D eigenvalue weighted by molar-refractivity contribution is 7.05. The molecule has 0 bridgehead atoms. The van der Waals surface area contributed by atoms with Gasteiger partial charge >= 0.3 is 11.9 Å². The zero-order valence-electron chi connectivity index (χ0n) is 33.9. The highest BCUT2D eigenvalue weighted by atomic mass is 16.4. The van der Waals surface area contributed by atoms with E-state index in [1.807, 2.05) is 24.3 Å². The van der Waals surface area contributed by atoms with Gasteiger partial charge in [-0.25, -0.2) is 9.59 Å². The molecule has 0 saturated heterocycles. The fourth-order valence-corrected chi connectivity index (χ4v) is 10.5. The van der Waals surface area contributed by atoms with Crippen molar-refractivity contribution in [1.29, 1.82) is 0 Å². The number of para-hydroxylation sites is 1. The summed E-state index contributed by atoms with van der Waals surface area (Å²) in [5, 5.41) is 19.5. The maximum Gasteiger partial charge on any atom is 0.335 e. The summed E-state index contributed by atoms with van der Waals surface area (Å²) in [5.41, 5.74) is 23.3. The molecule has 0 spiro atoms. The number of aromatic carboxylic acids is 2. The van der Waals surface area contributed by atoms with Crippen molar-refractivity contribution in [2.45, 2.75) is 52.4 Å². The molecule has 59 heavy (non-hydrogen) atoms. The fourth-order valence-electron chi connectivity index (χ4n) is 10.5. The van der Waals surface area contributed by atoms with Gasteiger partial charge in [-0.1, -0.05) is 143 Å². The van der Waals surface area contributed by atoms with Crippen LogP contribution in [0.25, 0.3) is 44.5 Å². The number of rotatable bonds is 4. The molecule has 0 atom stereocenters. The van der Waals surface area contributed by atoms with Gasteiger partial charge < -0.3 is 15.1 Å². The molecule has 4 aliphatic rings. The molecule has 7 aromatic rings. The van der Waals surface area contributed by atoms with Gasteiger partial charge in [0.25, 0.3) is 0 Å². The highest BCUT2D eigenvalue weighted by Crippen LogP contribution is 2.48. The van der Waals surface area contributed by atoms with E-state index < -0.39 is 11.9 Å². The molecule has 284 valence electrons. The van der Waals surface area contributed by atoms with Crippen LogP contribution >= 0.6 is 0 Å². The first-order chi connectivity index (χ1) is 28.2. The third kappa shape index (κ3) is 4.94. The number of carboxylic acid groups (broad SMARTS) is 2. The van der Waals surface area contributed by atoms with Crippen LogP contribution in [0.3, 0.4) is 0 Å². The quantitative estimate of drug-likeness (QED) is 0.177. The smallest absolute Gasteiger partial charge is 0.335 e. The van der Waals surface area contributed by atoms with Gasteiger partial charge in [-0.15, -0.1) is 0 Å². The minimum atomic E-state index is -0.935. The number of nitrogens with zero attached hydrogens (tertiary/aromatic N) is 1. The minimum absolute atomic E-state index is 0.0191. The Morgan fingerprint density at radius 2 is 0.881 bits per heavy atom. The second-order valence-corrected chi connectivity index (χ2v) is 18.7. The van der Waals surface area contributed by atoms with E-state index in [0.29, 0.717) is 0 Å². The van der Waals surface area contributed by atoms with Crippen molar-refractivity contribution in [3.63, 3.8) is 0 Å². The number of carbonyl (C=O) groups is 2. The summed E-state index contributed by atoms with van der Waals surface area (Å²) in [6.45, 7) is 13.6. The molecular weight excluding hydrogens is 724 g/mol. The first-order valence-corrected chi connectivity index (χ1v) is 20.4. The zero-order chi connectivity index (χ0) is 40.9. The van der Waals surface area contributed by atoms with E-state index >= 15 is 0 Å². The van der Waals surface area contributed by atoms with Gasteiger partial charge in [-0.2, -0.15) is 0 Å². The third-order valence-corrected chi connectivity index (χ3v) is 13.3. The van der Waals surface area contributed by atoms with Crippen molar-refractivity contribution >= 4 is 75.2 Å². The molecule has 5 nitrogen and oxygen atoms in total. The van der Waals surface area contributed by atoms with E-state index in [2.05, 4.69) is 125 Å². The van der Waals surface area contributed by atoms with Gasteiger partial charge in [0.1, 0.15) is 0 Å². The lowest BCUT2D eigenvalue weighted by Crippen LogP contribution is -2.62. The average Bonchev–Trinajstić information content (AvgIpc) is 3.75. The van der Waals surface area contributed by atoms with Crippen LogP contribution in [0.15, 0.2) is 127 Å². The molecule has 7 heteroatoms. The molecule has 0 amide bonds. The van der Waals surface area contributed by atoms with Crippen LogP contribution in [0.4, 0.5) is 17.1 Å². The Labute approximate surface area is 345 Å². The molecule has 2 N–H and O–H groups in total. The number of hydrogen-bond acceptors (Lipinski definition) is 3. The van der Waals surface area contributed by atoms with Crippen molar-refractivity contribution in [3.05, 3.63) is 150 Å². The number of hydrogen-bond donors (Lipinski definition) is 2. The van der Waals surface area contributed by atoms with Crippen molar-refractivity contribution in [2.75, 3.05) is 4.90 Å². The Morgan fingerprint density at radius 1 is 0.475 bits per heavy atom. The molecule has 0 aliphatic carbocycles. The lowest BCUT2D eigenvalue weighted by atomic mass is 9.32. The summed E-state index contributed by atoms with van der Waals surface area (Å²) in [7, 11) is 0. The SMILES string of the molecule is CC(C)(C)c1ccc2c(c1)-c1c(-c3ccc(C(=O)O)cc3)ccc3c1B2c1cccc2c1N3c1ccc(-c3ccc(C(=O)O)cc3)c3c1B2c1ccc(C(C)(C)C)cc1-3. The van der Waals surface area contributed by atoms with E-state index in [1.54, 1.807) is 24.3 Å². The van der Waals surface area contributed by atoms with Gasteiger partial charge in [-0.3, -0.25) is 0 Å². The maximum absolute atomic E-state index is 11.9. The summed E-state index contributed by atoms with van der Waals surface area (Å²) < 4.78 is 0. The monoisotopic (exact) mass is 765 g/mol. The first-order valence-electron chi connectivity index (χ1n) is 20.4. The van der Waals surface area contributed by atoms with Gasteiger partial charge in [-0.05, 0) is 125 Å². The van der Waals surface area contributed by atoms with Gasteiger partial charge in [0.05, 0.1) is 11.1 Å². The summed E-state index contributed by atoms with van der Waals surface area (Å²) in [5.74, 6) is -1.87. The lowest BCUT2D eigenvalue weighted by Gasteiger charge is -2.43. The van der Waals surface area contributed by atoms with Crippen LogP contribution in [0, 0.1) is 0 Å². The second-order valence-electron chi connectivity index (χ2n) is 18.7. The van der Waals surface area contributed by atoms with Crippen LogP contribution in [0.5, 0.6) is 0 Å². The van der Waals surface area contributed by atoms with Crippen molar-refractivity contribution in [3.8, 4) is 44.5 Å². The minimum Gasteiger partial charge on any atom is -0.478 e. The van der Waals surface area contributed by atoms with Gasteiger partial charge in [0.15, 0.2) is 0 Å². The maximum atomic E-state index is 11.9. The number of fused-ring (bicyclic) bond motifs is 10. The number of anilines is 3. The topological polar surface area (TPSA) is 77.8 Å². The standard InChI is InChI=1S/C52H41B2NO4/c1-51(2,3)32-18-22-38-36(26-32)44-34(28-10-14-30(15-11-28)49(56)57)20-24-42-46(44)53(38)40-8-7-9-41-48(40)55(42)43-25-21-35(29-12-16-31(17-13-29)50(58)59)45-37-27-33(52(4,5)6)19-23-39(37)54(41)47(43)45/h7-27H,1-6H3,(H,56,57)(H,58,59). The average molecular weight is 766 g/mol. The predicted molar refractivity (Wildman–Crippen MR) is 243 cm³/mol. The Bertz CT molecular complexity index is 2820. The molecule has 0 radical (unpaired) electrons. The predicted octanol–water partition coefficient (Wildman–Crippen LogP) is 8.10. The normalized spacial score (nSPS) is 13.8. The molecule has 0 unspecified atom stereocenters. The van der Waals surface area contributed by atoms with E-state index in [1.165, 1.54) is 71.8 Å². The molecule has 0 fully saturated rings. The molecule has 4 heterocycles. The van der Waals surface area contributed by atoms with Crippen molar-refractivity contribution < 1.29 is 19.8 Å². The third-order valence-electron chi connectivity index (χ3n) is 13.3. The van der Waals surface area contributed by atoms with E-state index in [9.17, 15) is 19.8 Å². The van der Waals surface area contributed by atoms with Crippen LogP contribution in [0.2, 0.25) is 0 Å². The number of benzene rings is 7. The van der Waals surface area contributed by atoms with Gasteiger partial charge in [0, 0.05) is 17.1 Å². The lowest BCUT2D eigenvalue weighted by molar-refractivity contribution is 0.0686. The Hall–Kier alpha value is -6.59. The Kier molecular flexibility index (Phi) is 7.22. The first kappa shape index (κ1) is 35.6. The fraction of sp³-hybridized carbons (Fsp3) is 0.154. The molecule has 4 aliphatic heterocycles. The zero-order valence-corrected chi connectivity index (χ0v) is 33.9. The van der Waals surface area contributed by atoms with Crippen LogP contribution in [-0.2, 0) is 10.8 Å². The molecule has 0 aromatic heterocycles. The molecular formula is C52H41B2NO4. The summed E-state index contributed by atoms with van der Waals surface area (Å²) >= 11 is 0. The largest absolute Gasteiger partial charge is 0.478 e.